The maximum absolute atomic E-state index is 14.9. The summed E-state index contributed by atoms with van der Waals surface area (Å²) >= 11 is 0. The molecule has 5 heterocycles. The van der Waals surface area contributed by atoms with Gasteiger partial charge < -0.3 is 24.2 Å². The summed E-state index contributed by atoms with van der Waals surface area (Å²) in [6.45, 7) is 15.3. The summed E-state index contributed by atoms with van der Waals surface area (Å²) in [4.78, 5) is 19.9. The van der Waals surface area contributed by atoms with Crippen LogP contribution in [0.25, 0.3) is 28.0 Å². The molecule has 4 aromatic rings. The van der Waals surface area contributed by atoms with Gasteiger partial charge in [0.1, 0.15) is 17.4 Å². The van der Waals surface area contributed by atoms with E-state index >= 15 is 0 Å². The molecule has 0 unspecified atom stereocenters. The SMILES string of the molecule is Cc1cc2c(cc1F)O[C@@H](C)CCCCOC1(C)CCN(CC1)c1c([C@H](OC(C)(C)C)C(=O)O)c(C)nc3cc(nn13)-c1cccc-2c1. The quantitative estimate of drug-likeness (QED) is 0.236. The van der Waals surface area contributed by atoms with Gasteiger partial charge in [0.25, 0.3) is 0 Å². The lowest BCUT2D eigenvalue weighted by Crippen LogP contribution is -2.46. The molecule has 7 rings (SSSR count). The van der Waals surface area contributed by atoms with E-state index in [4.69, 9.17) is 24.3 Å². The van der Waals surface area contributed by atoms with Gasteiger partial charge in [-0.05, 0) is 104 Å². The van der Waals surface area contributed by atoms with E-state index in [-0.39, 0.29) is 17.5 Å². The van der Waals surface area contributed by atoms with Crippen molar-refractivity contribution in [3.8, 4) is 28.1 Å². The monoisotopic (exact) mass is 658 g/mol. The van der Waals surface area contributed by atoms with Crippen molar-refractivity contribution in [2.24, 2.45) is 0 Å². The molecule has 0 spiro atoms. The van der Waals surface area contributed by atoms with Gasteiger partial charge in [0.2, 0.25) is 0 Å². The number of carboxylic acids is 1. The van der Waals surface area contributed by atoms with Crippen LogP contribution in [0.2, 0.25) is 0 Å². The number of piperidine rings is 1. The fourth-order valence-corrected chi connectivity index (χ4v) is 6.75. The molecule has 48 heavy (non-hydrogen) atoms. The van der Waals surface area contributed by atoms with Gasteiger partial charge in [-0.1, -0.05) is 18.2 Å². The lowest BCUT2D eigenvalue weighted by Gasteiger charge is -2.41. The number of hydrogen-bond donors (Lipinski definition) is 1. The second-order valence-corrected chi connectivity index (χ2v) is 14.6. The largest absolute Gasteiger partial charge is 0.490 e. The van der Waals surface area contributed by atoms with Crippen molar-refractivity contribution in [3.05, 3.63) is 65.1 Å². The van der Waals surface area contributed by atoms with E-state index in [0.717, 1.165) is 48.8 Å². The Labute approximate surface area is 282 Å². The molecule has 10 heteroatoms. The number of rotatable bonds is 3. The molecule has 0 amide bonds. The highest BCUT2D eigenvalue weighted by Crippen LogP contribution is 2.40. The third kappa shape index (κ3) is 7.05. The van der Waals surface area contributed by atoms with Crippen LogP contribution >= 0.6 is 0 Å². The van der Waals surface area contributed by atoms with Gasteiger partial charge in [0.15, 0.2) is 11.8 Å². The summed E-state index contributed by atoms with van der Waals surface area (Å²) in [5.41, 5.74) is 4.41. The fraction of sp³-hybridized carbons (Fsp3) is 0.500. The predicted octanol–water partition coefficient (Wildman–Crippen LogP) is 8.09. The van der Waals surface area contributed by atoms with E-state index in [0.29, 0.717) is 59.4 Å². The maximum Gasteiger partial charge on any atom is 0.337 e. The van der Waals surface area contributed by atoms with E-state index in [9.17, 15) is 14.3 Å². The van der Waals surface area contributed by atoms with Crippen LogP contribution < -0.4 is 9.64 Å². The summed E-state index contributed by atoms with van der Waals surface area (Å²) in [6.07, 6.45) is 2.82. The first-order chi connectivity index (χ1) is 22.7. The van der Waals surface area contributed by atoms with Crippen molar-refractivity contribution in [3.63, 3.8) is 0 Å². The summed E-state index contributed by atoms with van der Waals surface area (Å²) in [6, 6.07) is 13.2. The Bertz CT molecular complexity index is 1820. The lowest BCUT2D eigenvalue weighted by molar-refractivity contribution is -0.160. The van der Waals surface area contributed by atoms with Crippen molar-refractivity contribution in [1.82, 2.24) is 14.6 Å². The fourth-order valence-electron chi connectivity index (χ4n) is 6.75. The molecule has 3 aliphatic rings. The van der Waals surface area contributed by atoms with Crippen LogP contribution in [0, 0.1) is 19.7 Å². The first-order valence-corrected chi connectivity index (χ1v) is 17.0. The summed E-state index contributed by atoms with van der Waals surface area (Å²) in [7, 11) is 0. The van der Waals surface area contributed by atoms with Crippen LogP contribution in [-0.2, 0) is 14.3 Å². The topological polar surface area (TPSA) is 98.4 Å². The van der Waals surface area contributed by atoms with Gasteiger partial charge in [-0.15, -0.1) is 0 Å². The molecule has 2 atom stereocenters. The van der Waals surface area contributed by atoms with Gasteiger partial charge in [-0.3, -0.25) is 0 Å². The standard InChI is InChI=1S/C38H47FN4O5/c1-23-19-28-26-12-10-13-27(20-26)30-22-32-40-25(3)33(34(36(44)45)48-37(4,5)6)35(43(32)41-30)42-16-14-38(7,15-17-42)46-18-9-8-11-24(2)47-31(28)21-29(23)39/h10,12-13,19-22,24,34H,8-9,11,14-18H2,1-7H3,(H,44,45)/t24-,34-/m0/s1. The van der Waals surface area contributed by atoms with Crippen LogP contribution in [0.4, 0.5) is 10.2 Å². The molecule has 2 aromatic heterocycles. The maximum atomic E-state index is 14.9. The number of nitrogens with zero attached hydrogens (tertiary/aromatic N) is 4. The second-order valence-electron chi connectivity index (χ2n) is 14.6. The van der Waals surface area contributed by atoms with E-state index in [2.05, 4.69) is 11.8 Å². The number of aliphatic carboxylic acids is 1. The zero-order valence-electron chi connectivity index (χ0n) is 29.1. The average molecular weight is 659 g/mol. The second kappa shape index (κ2) is 13.1. The molecule has 9 nitrogen and oxygen atoms in total. The summed E-state index contributed by atoms with van der Waals surface area (Å²) in [5, 5.41) is 15.6. The number of aromatic nitrogens is 3. The molecule has 1 saturated heterocycles. The van der Waals surface area contributed by atoms with E-state index < -0.39 is 17.7 Å². The molecular formula is C38H47FN4O5. The number of fused-ring (bicyclic) bond motifs is 8. The summed E-state index contributed by atoms with van der Waals surface area (Å²) in [5.74, 6) is -0.210. The summed E-state index contributed by atoms with van der Waals surface area (Å²) < 4.78 is 35.7. The van der Waals surface area contributed by atoms with Crippen molar-refractivity contribution in [2.45, 2.75) is 104 Å². The predicted molar refractivity (Wildman–Crippen MR) is 184 cm³/mol. The molecule has 6 bridgehead atoms. The van der Waals surface area contributed by atoms with E-state index in [1.165, 1.54) is 6.07 Å². The number of halogens is 1. The van der Waals surface area contributed by atoms with Crippen molar-refractivity contribution in [1.29, 1.82) is 0 Å². The van der Waals surface area contributed by atoms with Gasteiger partial charge >= 0.3 is 5.97 Å². The average Bonchev–Trinajstić information content (AvgIpc) is 3.44. The first-order valence-electron chi connectivity index (χ1n) is 17.0. The Kier molecular flexibility index (Phi) is 9.26. The van der Waals surface area contributed by atoms with Crippen LogP contribution in [0.3, 0.4) is 0 Å². The number of hydrogen-bond acceptors (Lipinski definition) is 7. The number of ether oxygens (including phenoxy) is 3. The van der Waals surface area contributed by atoms with Crippen LogP contribution in [0.15, 0.2) is 42.5 Å². The molecule has 0 aliphatic carbocycles. The zero-order chi connectivity index (χ0) is 34.4. The van der Waals surface area contributed by atoms with Crippen molar-refractivity contribution in [2.75, 3.05) is 24.6 Å². The van der Waals surface area contributed by atoms with Crippen molar-refractivity contribution >= 4 is 17.4 Å². The normalized spacial score (nSPS) is 21.2. The molecule has 0 saturated carbocycles. The Morgan fingerprint density at radius 1 is 1.10 bits per heavy atom. The van der Waals surface area contributed by atoms with Crippen LogP contribution in [-0.4, -0.2) is 62.7 Å². The highest BCUT2D eigenvalue weighted by atomic mass is 19.1. The van der Waals surface area contributed by atoms with Gasteiger partial charge in [0, 0.05) is 48.6 Å². The van der Waals surface area contributed by atoms with Crippen LogP contribution in [0.5, 0.6) is 5.75 Å². The van der Waals surface area contributed by atoms with Gasteiger partial charge in [0.05, 0.1) is 28.6 Å². The third-order valence-corrected chi connectivity index (χ3v) is 9.40. The molecular weight excluding hydrogens is 611 g/mol. The molecule has 2 aromatic carbocycles. The van der Waals surface area contributed by atoms with Gasteiger partial charge in [-0.2, -0.15) is 9.61 Å². The van der Waals surface area contributed by atoms with E-state index in [1.54, 1.807) is 11.4 Å². The lowest BCUT2D eigenvalue weighted by atomic mass is 9.92. The minimum atomic E-state index is -1.24. The highest BCUT2D eigenvalue weighted by Gasteiger charge is 2.38. The number of benzene rings is 2. The molecule has 1 fully saturated rings. The highest BCUT2D eigenvalue weighted by molar-refractivity contribution is 5.80. The molecule has 256 valence electrons. The van der Waals surface area contributed by atoms with Gasteiger partial charge in [-0.25, -0.2) is 14.2 Å². The minimum Gasteiger partial charge on any atom is -0.490 e. The van der Waals surface area contributed by atoms with Crippen LogP contribution in [0.1, 0.15) is 89.6 Å². The Morgan fingerprint density at radius 2 is 1.83 bits per heavy atom. The molecule has 0 radical (unpaired) electrons. The van der Waals surface area contributed by atoms with E-state index in [1.807, 2.05) is 71.0 Å². The number of anilines is 1. The van der Waals surface area contributed by atoms with Crippen molar-refractivity contribution < 1.29 is 28.5 Å². The molecule has 3 aliphatic heterocycles. The number of carbonyl (C=O) groups is 1. The Hall–Kier alpha value is -4.02. The minimum absolute atomic E-state index is 0.101. The third-order valence-electron chi connectivity index (χ3n) is 9.40. The number of aryl methyl sites for hydroxylation is 2. The number of carboxylic acid groups (broad SMARTS) is 1. The Balaban J connectivity index is 1.54. The smallest absolute Gasteiger partial charge is 0.337 e. The Morgan fingerprint density at radius 3 is 2.54 bits per heavy atom. The molecule has 1 N–H and O–H groups in total. The zero-order valence-corrected chi connectivity index (χ0v) is 29.1. The first kappa shape index (κ1) is 33.9.